The number of carbonyl (C=O) groups excluding carboxylic acids is 2. The summed E-state index contributed by atoms with van der Waals surface area (Å²) in [5.74, 6) is -0.181. The third kappa shape index (κ3) is 1.87. The zero-order valence-corrected chi connectivity index (χ0v) is 8.79. The Labute approximate surface area is 83.4 Å². The Morgan fingerprint density at radius 1 is 1.50 bits per heavy atom. The Kier molecular flexibility index (Phi) is 3.10. The number of nitrogens with one attached hydrogen (secondary N) is 1. The third-order valence-corrected chi connectivity index (χ3v) is 2.45. The molecule has 0 aromatic heterocycles. The number of carbonyl (C=O) groups is 2. The topological polar surface area (TPSA) is 58.6 Å². The van der Waals surface area contributed by atoms with Gasteiger partial charge in [0.1, 0.15) is 5.54 Å². The number of piperazine rings is 1. The fraction of sp³-hybridized carbons (Fsp3) is 0.778. The molecule has 0 saturated carbocycles. The van der Waals surface area contributed by atoms with Gasteiger partial charge in [-0.25, -0.2) is 0 Å². The second-order valence-electron chi connectivity index (χ2n) is 3.78. The minimum atomic E-state index is -0.770. The first kappa shape index (κ1) is 11.0. The highest BCUT2D eigenvalue weighted by Crippen LogP contribution is 2.17. The first-order chi connectivity index (χ1) is 6.50. The Hall–Kier alpha value is -1.10. The molecule has 0 atom stereocenters. The van der Waals surface area contributed by atoms with Gasteiger partial charge in [0.2, 0.25) is 11.8 Å². The molecule has 1 saturated heterocycles. The van der Waals surface area contributed by atoms with Crippen LogP contribution in [0.4, 0.5) is 0 Å². The molecule has 1 aliphatic rings. The smallest absolute Gasteiger partial charge is 0.245 e. The lowest BCUT2D eigenvalue weighted by atomic mass is 9.99. The van der Waals surface area contributed by atoms with Crippen molar-refractivity contribution < 1.29 is 14.3 Å². The van der Waals surface area contributed by atoms with Crippen LogP contribution in [-0.2, 0) is 14.3 Å². The molecule has 1 aliphatic heterocycles. The second-order valence-corrected chi connectivity index (χ2v) is 3.78. The summed E-state index contributed by atoms with van der Waals surface area (Å²) < 4.78 is 4.90. The minimum Gasteiger partial charge on any atom is -0.383 e. The molecular formula is C9H16N2O3. The number of hydrogen-bond acceptors (Lipinski definition) is 3. The summed E-state index contributed by atoms with van der Waals surface area (Å²) in [5.41, 5.74) is -0.770. The summed E-state index contributed by atoms with van der Waals surface area (Å²) in [7, 11) is 1.57. The van der Waals surface area contributed by atoms with Gasteiger partial charge in [-0.3, -0.25) is 9.59 Å². The van der Waals surface area contributed by atoms with Gasteiger partial charge in [-0.2, -0.15) is 0 Å². The summed E-state index contributed by atoms with van der Waals surface area (Å²) in [6, 6.07) is 0. The molecule has 1 rings (SSSR count). The van der Waals surface area contributed by atoms with Gasteiger partial charge < -0.3 is 15.0 Å². The maximum Gasteiger partial charge on any atom is 0.245 e. The SMILES string of the molecule is COCCN1C(=O)CNC(=O)C1(C)C. The van der Waals surface area contributed by atoms with Crippen LogP contribution < -0.4 is 5.32 Å². The molecule has 0 aliphatic carbocycles. The second kappa shape index (κ2) is 3.96. The normalized spacial score (nSPS) is 20.9. The molecule has 0 bridgehead atoms. The van der Waals surface area contributed by atoms with Gasteiger partial charge in [0.05, 0.1) is 13.2 Å². The Bertz CT molecular complexity index is 250. The van der Waals surface area contributed by atoms with Crippen LogP contribution in [0.3, 0.4) is 0 Å². The Morgan fingerprint density at radius 3 is 2.71 bits per heavy atom. The highest BCUT2D eigenvalue weighted by Gasteiger charge is 2.41. The molecule has 0 aromatic carbocycles. The third-order valence-electron chi connectivity index (χ3n) is 2.45. The molecule has 14 heavy (non-hydrogen) atoms. The van der Waals surface area contributed by atoms with E-state index in [4.69, 9.17) is 4.74 Å². The fourth-order valence-electron chi connectivity index (χ4n) is 1.49. The predicted molar refractivity (Wildman–Crippen MR) is 50.7 cm³/mol. The van der Waals surface area contributed by atoms with Crippen molar-refractivity contribution in [1.82, 2.24) is 10.2 Å². The molecule has 0 unspecified atom stereocenters. The monoisotopic (exact) mass is 200 g/mol. The number of rotatable bonds is 3. The van der Waals surface area contributed by atoms with E-state index in [0.717, 1.165) is 0 Å². The van der Waals surface area contributed by atoms with E-state index in [2.05, 4.69) is 5.32 Å². The summed E-state index contributed by atoms with van der Waals surface area (Å²) >= 11 is 0. The van der Waals surface area contributed by atoms with E-state index in [1.54, 1.807) is 25.9 Å². The van der Waals surface area contributed by atoms with Crippen molar-refractivity contribution in [1.29, 1.82) is 0 Å². The van der Waals surface area contributed by atoms with Gasteiger partial charge in [-0.1, -0.05) is 0 Å². The van der Waals surface area contributed by atoms with Crippen LogP contribution in [-0.4, -0.2) is 49.1 Å². The van der Waals surface area contributed by atoms with Gasteiger partial charge in [-0.05, 0) is 13.8 Å². The summed E-state index contributed by atoms with van der Waals surface area (Å²) in [6.07, 6.45) is 0. The highest BCUT2D eigenvalue weighted by molar-refractivity contribution is 5.97. The molecule has 0 aromatic rings. The molecule has 0 radical (unpaired) electrons. The van der Waals surface area contributed by atoms with Crippen molar-refractivity contribution in [2.75, 3.05) is 26.8 Å². The van der Waals surface area contributed by atoms with Crippen LogP contribution in [0.25, 0.3) is 0 Å². The van der Waals surface area contributed by atoms with Crippen molar-refractivity contribution in [2.45, 2.75) is 19.4 Å². The lowest BCUT2D eigenvalue weighted by Gasteiger charge is -2.40. The van der Waals surface area contributed by atoms with E-state index >= 15 is 0 Å². The molecule has 1 heterocycles. The van der Waals surface area contributed by atoms with Crippen molar-refractivity contribution in [3.63, 3.8) is 0 Å². The van der Waals surface area contributed by atoms with Crippen molar-refractivity contribution in [3.8, 4) is 0 Å². The van der Waals surface area contributed by atoms with Gasteiger partial charge in [-0.15, -0.1) is 0 Å². The van der Waals surface area contributed by atoms with Crippen LogP contribution >= 0.6 is 0 Å². The van der Waals surface area contributed by atoms with Crippen LogP contribution in [0.15, 0.2) is 0 Å². The first-order valence-electron chi connectivity index (χ1n) is 4.58. The Balaban J connectivity index is 2.75. The van der Waals surface area contributed by atoms with Crippen molar-refractivity contribution >= 4 is 11.8 Å². The van der Waals surface area contributed by atoms with E-state index in [0.29, 0.717) is 13.2 Å². The fourth-order valence-corrected chi connectivity index (χ4v) is 1.49. The molecule has 80 valence electrons. The number of amides is 2. The maximum atomic E-state index is 11.5. The quantitative estimate of drug-likeness (QED) is 0.660. The number of hydrogen-bond donors (Lipinski definition) is 1. The largest absolute Gasteiger partial charge is 0.383 e. The number of methoxy groups -OCH3 is 1. The van der Waals surface area contributed by atoms with Crippen LogP contribution in [0.1, 0.15) is 13.8 Å². The van der Waals surface area contributed by atoms with E-state index in [-0.39, 0.29) is 18.4 Å². The molecule has 0 spiro atoms. The van der Waals surface area contributed by atoms with E-state index < -0.39 is 5.54 Å². The number of nitrogens with zero attached hydrogens (tertiary/aromatic N) is 1. The maximum absolute atomic E-state index is 11.5. The molecule has 5 heteroatoms. The molecular weight excluding hydrogens is 184 g/mol. The minimum absolute atomic E-state index is 0.0633. The first-order valence-corrected chi connectivity index (χ1v) is 4.58. The van der Waals surface area contributed by atoms with E-state index in [9.17, 15) is 9.59 Å². The highest BCUT2D eigenvalue weighted by atomic mass is 16.5. The molecule has 1 fully saturated rings. The van der Waals surface area contributed by atoms with E-state index in [1.807, 2.05) is 0 Å². The van der Waals surface area contributed by atoms with Gasteiger partial charge in [0.25, 0.3) is 0 Å². The average Bonchev–Trinajstić information content (AvgIpc) is 2.12. The molecule has 2 amide bonds. The summed E-state index contributed by atoms with van der Waals surface area (Å²) in [5, 5.41) is 2.56. The van der Waals surface area contributed by atoms with Crippen LogP contribution in [0, 0.1) is 0 Å². The van der Waals surface area contributed by atoms with Gasteiger partial charge >= 0.3 is 0 Å². The Morgan fingerprint density at radius 2 is 2.14 bits per heavy atom. The molecule has 1 N–H and O–H groups in total. The van der Waals surface area contributed by atoms with Gasteiger partial charge in [0.15, 0.2) is 0 Å². The zero-order chi connectivity index (χ0) is 10.8. The van der Waals surface area contributed by atoms with Crippen LogP contribution in [0.2, 0.25) is 0 Å². The number of ether oxygens (including phenoxy) is 1. The van der Waals surface area contributed by atoms with Crippen LogP contribution in [0.5, 0.6) is 0 Å². The average molecular weight is 200 g/mol. The van der Waals surface area contributed by atoms with E-state index in [1.165, 1.54) is 0 Å². The van der Waals surface area contributed by atoms with Gasteiger partial charge in [0, 0.05) is 13.7 Å². The lowest BCUT2D eigenvalue weighted by Crippen LogP contribution is -2.64. The predicted octanol–water partition coefficient (Wildman–Crippen LogP) is -0.630. The van der Waals surface area contributed by atoms with Crippen molar-refractivity contribution in [2.24, 2.45) is 0 Å². The standard InChI is InChI=1S/C9H16N2O3/c1-9(2)8(13)10-6-7(12)11(9)4-5-14-3/h4-6H2,1-3H3,(H,10,13). The van der Waals surface area contributed by atoms with Crippen molar-refractivity contribution in [3.05, 3.63) is 0 Å². The summed E-state index contributed by atoms with van der Waals surface area (Å²) in [6.45, 7) is 4.45. The lowest BCUT2D eigenvalue weighted by molar-refractivity contribution is -0.152. The zero-order valence-electron chi connectivity index (χ0n) is 8.79. The summed E-state index contributed by atoms with van der Waals surface area (Å²) in [4.78, 5) is 24.6. The molecule has 5 nitrogen and oxygen atoms in total.